The summed E-state index contributed by atoms with van der Waals surface area (Å²) in [6, 6.07) is 7.57. The van der Waals surface area contributed by atoms with E-state index in [1.807, 2.05) is 24.3 Å². The number of ketones is 1. The number of likely N-dealkylation sites (tertiary alicyclic amines) is 1. The smallest absolute Gasteiger partial charge is 0.340 e. The molecule has 0 unspecified atom stereocenters. The van der Waals surface area contributed by atoms with Crippen molar-refractivity contribution in [3.8, 4) is 5.75 Å². The third kappa shape index (κ3) is 3.22. The summed E-state index contributed by atoms with van der Waals surface area (Å²) in [4.78, 5) is 43.3. The lowest BCUT2D eigenvalue weighted by molar-refractivity contribution is -0.123. The summed E-state index contributed by atoms with van der Waals surface area (Å²) in [5.41, 5.74) is 3.27. The topological polar surface area (TPSA) is 88.7 Å². The number of aromatic nitrogens is 1. The van der Waals surface area contributed by atoms with Crippen molar-refractivity contribution >= 4 is 23.7 Å². The van der Waals surface area contributed by atoms with Crippen LogP contribution < -0.4 is 4.74 Å². The molecule has 2 aromatic rings. The number of benzene rings is 1. The zero-order valence-corrected chi connectivity index (χ0v) is 18.9. The number of allylic oxidation sites excluding steroid dienone is 2. The van der Waals surface area contributed by atoms with E-state index in [1.165, 1.54) is 13.2 Å². The summed E-state index contributed by atoms with van der Waals surface area (Å²) in [5.74, 6) is 0.117. The number of piperidine rings is 1. The highest BCUT2D eigenvalue weighted by atomic mass is 16.5. The summed E-state index contributed by atoms with van der Waals surface area (Å²) in [6.07, 6.45) is 6.60. The third-order valence-electron chi connectivity index (χ3n) is 6.83. The molecule has 1 aromatic heterocycles. The number of hydrogen-bond acceptors (Lipinski definition) is 5. The fraction of sp³-hybridized carbons (Fsp3) is 0.346. The average molecular weight is 447 g/mol. The van der Waals surface area contributed by atoms with E-state index in [9.17, 15) is 14.4 Å². The first-order valence-electron chi connectivity index (χ1n) is 11.2. The van der Waals surface area contributed by atoms with Gasteiger partial charge >= 0.3 is 5.97 Å². The van der Waals surface area contributed by atoms with Gasteiger partial charge in [0.25, 0.3) is 5.91 Å². The Kier molecular flexibility index (Phi) is 5.00. The van der Waals surface area contributed by atoms with Crippen molar-refractivity contribution in [3.05, 3.63) is 70.2 Å². The summed E-state index contributed by atoms with van der Waals surface area (Å²) in [5, 5.41) is 0. The number of rotatable bonds is 6. The molecule has 33 heavy (non-hydrogen) atoms. The van der Waals surface area contributed by atoms with Gasteiger partial charge in [0.05, 0.1) is 25.0 Å². The highest BCUT2D eigenvalue weighted by Crippen LogP contribution is 2.67. The molecule has 2 heterocycles. The molecule has 3 aliphatic rings. The molecule has 7 heteroatoms. The number of H-pyrrole nitrogens is 1. The van der Waals surface area contributed by atoms with E-state index in [0.29, 0.717) is 41.4 Å². The maximum Gasteiger partial charge on any atom is 0.340 e. The standard InChI is InChI=1S/C26H26N2O5/c1-4-11-33-18-8-5-16(6-9-18)7-10-21(30)28-14-17-13-26(17)20(28)12-19(29)24-23(26)22(15(2)27-24)25(31)32-3/h5-10,12,17,27H,4,11,13-14H2,1-3H3/b10-7+/t17-,26+/m1/s1. The van der Waals surface area contributed by atoms with Gasteiger partial charge in [0.2, 0.25) is 5.78 Å². The molecule has 2 fully saturated rings. The minimum Gasteiger partial charge on any atom is -0.494 e. The number of ether oxygens (including phenoxy) is 2. The maximum atomic E-state index is 13.1. The number of nitrogens with one attached hydrogen (secondary N) is 1. The zero-order valence-electron chi connectivity index (χ0n) is 18.9. The van der Waals surface area contributed by atoms with Gasteiger partial charge in [-0.2, -0.15) is 0 Å². The van der Waals surface area contributed by atoms with Gasteiger partial charge in [-0.1, -0.05) is 19.1 Å². The molecule has 0 radical (unpaired) electrons. The predicted octanol–water partition coefficient (Wildman–Crippen LogP) is 3.79. The number of esters is 1. The normalized spacial score (nSPS) is 22.5. The van der Waals surface area contributed by atoms with Crippen LogP contribution in [0.25, 0.3) is 6.08 Å². The Balaban J connectivity index is 1.40. The lowest BCUT2D eigenvalue weighted by Gasteiger charge is -2.27. The molecule has 2 aliphatic carbocycles. The van der Waals surface area contributed by atoms with Crippen molar-refractivity contribution in [2.75, 3.05) is 20.3 Å². The van der Waals surface area contributed by atoms with E-state index in [4.69, 9.17) is 9.47 Å². The lowest BCUT2D eigenvalue weighted by atomic mass is 9.82. The first-order chi connectivity index (χ1) is 15.9. The van der Waals surface area contributed by atoms with E-state index >= 15 is 0 Å². The molecule has 2 atom stereocenters. The Bertz CT molecular complexity index is 1220. The van der Waals surface area contributed by atoms with Gasteiger partial charge in [-0.15, -0.1) is 0 Å². The first kappa shape index (κ1) is 21.2. The van der Waals surface area contributed by atoms with Gasteiger partial charge < -0.3 is 19.4 Å². The van der Waals surface area contributed by atoms with Crippen LogP contribution in [0.4, 0.5) is 0 Å². The molecule has 7 nitrogen and oxygen atoms in total. The molecule has 1 saturated carbocycles. The number of aryl methyl sites for hydroxylation is 1. The molecule has 1 spiro atoms. The Morgan fingerprint density at radius 3 is 2.73 bits per heavy atom. The van der Waals surface area contributed by atoms with Gasteiger partial charge in [0, 0.05) is 41.1 Å². The zero-order chi connectivity index (χ0) is 23.3. The summed E-state index contributed by atoms with van der Waals surface area (Å²) in [6.45, 7) is 5.01. The summed E-state index contributed by atoms with van der Waals surface area (Å²) in [7, 11) is 1.34. The van der Waals surface area contributed by atoms with Crippen LogP contribution in [0.2, 0.25) is 0 Å². The number of methoxy groups -OCH3 is 1. The first-order valence-corrected chi connectivity index (χ1v) is 11.2. The molecule has 170 valence electrons. The number of aromatic amines is 1. The number of fused-ring (bicyclic) bond motifs is 1. The number of amides is 1. The lowest BCUT2D eigenvalue weighted by Crippen LogP contribution is -2.33. The van der Waals surface area contributed by atoms with Crippen molar-refractivity contribution in [1.29, 1.82) is 0 Å². The predicted molar refractivity (Wildman–Crippen MR) is 122 cm³/mol. The van der Waals surface area contributed by atoms with Crippen molar-refractivity contribution in [2.24, 2.45) is 5.92 Å². The highest BCUT2D eigenvalue weighted by Gasteiger charge is 2.68. The second-order valence-corrected chi connectivity index (χ2v) is 8.83. The fourth-order valence-corrected chi connectivity index (χ4v) is 5.24. The monoisotopic (exact) mass is 446 g/mol. The maximum absolute atomic E-state index is 13.1. The van der Waals surface area contributed by atoms with Crippen LogP contribution in [-0.4, -0.2) is 47.8 Å². The van der Waals surface area contributed by atoms with E-state index in [-0.39, 0.29) is 17.6 Å². The van der Waals surface area contributed by atoms with Crippen LogP contribution >= 0.6 is 0 Å². The molecule has 1 aromatic carbocycles. The summed E-state index contributed by atoms with van der Waals surface area (Å²) >= 11 is 0. The molecule has 1 amide bonds. The van der Waals surface area contributed by atoms with Gasteiger partial charge in [-0.3, -0.25) is 9.59 Å². The highest BCUT2D eigenvalue weighted by molar-refractivity contribution is 6.11. The quantitative estimate of drug-likeness (QED) is 0.539. The van der Waals surface area contributed by atoms with Crippen molar-refractivity contribution < 1.29 is 23.9 Å². The van der Waals surface area contributed by atoms with Gasteiger partial charge in [0.15, 0.2) is 0 Å². The number of hydrogen-bond donors (Lipinski definition) is 1. The van der Waals surface area contributed by atoms with Crippen LogP contribution in [0.3, 0.4) is 0 Å². The van der Waals surface area contributed by atoms with E-state index in [2.05, 4.69) is 11.9 Å². The minimum atomic E-state index is -0.473. The molecule has 1 aliphatic heterocycles. The Labute approximate surface area is 192 Å². The molecule has 0 bridgehead atoms. The Morgan fingerprint density at radius 2 is 2.03 bits per heavy atom. The SMILES string of the molecule is CCCOc1ccc(/C=C/C(=O)N2C[C@H]3C[C@@]34C2=CC(=O)c2[nH]c(C)c(C(=O)OC)c24)cc1. The molecular weight excluding hydrogens is 420 g/mol. The van der Waals surface area contributed by atoms with E-state index in [0.717, 1.165) is 24.2 Å². The van der Waals surface area contributed by atoms with E-state index in [1.54, 1.807) is 24.0 Å². The van der Waals surface area contributed by atoms with Crippen LogP contribution in [-0.2, 0) is 14.9 Å². The molecule has 5 rings (SSSR count). The van der Waals surface area contributed by atoms with Gasteiger partial charge in [-0.25, -0.2) is 4.79 Å². The minimum absolute atomic E-state index is 0.178. The fourth-order valence-electron chi connectivity index (χ4n) is 5.24. The van der Waals surface area contributed by atoms with Crippen LogP contribution in [0.1, 0.15) is 57.4 Å². The molecule has 1 saturated heterocycles. The second-order valence-electron chi connectivity index (χ2n) is 8.83. The van der Waals surface area contributed by atoms with Crippen molar-refractivity contribution in [3.63, 3.8) is 0 Å². The average Bonchev–Trinajstić information content (AvgIpc) is 3.27. The summed E-state index contributed by atoms with van der Waals surface area (Å²) < 4.78 is 10.6. The van der Waals surface area contributed by atoms with Crippen molar-refractivity contribution in [2.45, 2.75) is 32.1 Å². The largest absolute Gasteiger partial charge is 0.494 e. The van der Waals surface area contributed by atoms with Crippen LogP contribution in [0.15, 0.2) is 42.1 Å². The second kappa shape index (κ2) is 7.76. The molecular formula is C26H26N2O5. The number of nitrogens with zero attached hydrogens (tertiary/aromatic N) is 1. The van der Waals surface area contributed by atoms with Crippen molar-refractivity contribution in [1.82, 2.24) is 9.88 Å². The van der Waals surface area contributed by atoms with E-state index < -0.39 is 11.4 Å². The number of carbonyl (C=O) groups is 3. The van der Waals surface area contributed by atoms with Gasteiger partial charge in [0.1, 0.15) is 5.75 Å². The Morgan fingerprint density at radius 1 is 1.27 bits per heavy atom. The van der Waals surface area contributed by atoms with Crippen LogP contribution in [0, 0.1) is 12.8 Å². The molecule has 1 N–H and O–H groups in total. The Hall–Kier alpha value is -3.61. The number of carbonyl (C=O) groups excluding carboxylic acids is 3. The van der Waals surface area contributed by atoms with Crippen LogP contribution in [0.5, 0.6) is 5.75 Å². The third-order valence-corrected chi connectivity index (χ3v) is 6.83. The van der Waals surface area contributed by atoms with Gasteiger partial charge in [-0.05, 0) is 49.5 Å².